The van der Waals surface area contributed by atoms with Gasteiger partial charge in [0, 0.05) is 13.0 Å². The van der Waals surface area contributed by atoms with E-state index in [9.17, 15) is 4.79 Å². The van der Waals surface area contributed by atoms with Gasteiger partial charge < -0.3 is 15.2 Å². The van der Waals surface area contributed by atoms with Gasteiger partial charge in [-0.3, -0.25) is 4.79 Å². The van der Waals surface area contributed by atoms with Gasteiger partial charge >= 0.3 is 0 Å². The topological polar surface area (TPSA) is 71.8 Å². The lowest BCUT2D eigenvalue weighted by Crippen LogP contribution is -2.40. The highest BCUT2D eigenvalue weighted by atomic mass is 35.5. The van der Waals surface area contributed by atoms with Crippen molar-refractivity contribution in [1.29, 1.82) is 0 Å². The third kappa shape index (κ3) is 4.31. The third-order valence-corrected chi connectivity index (χ3v) is 3.98. The van der Waals surface area contributed by atoms with Crippen LogP contribution in [0.15, 0.2) is 0 Å². The highest BCUT2D eigenvalue weighted by molar-refractivity contribution is 5.85. The fourth-order valence-electron chi connectivity index (χ4n) is 2.87. The monoisotopic (exact) mass is 335 g/mol. The van der Waals surface area contributed by atoms with E-state index < -0.39 is 0 Å². The molecule has 0 bridgehead atoms. The van der Waals surface area contributed by atoms with Gasteiger partial charge in [-0.2, -0.15) is 0 Å². The van der Waals surface area contributed by atoms with E-state index in [1.54, 1.807) is 0 Å². The minimum absolute atomic E-state index is 0. The Bertz CT molecular complexity index is 459. The summed E-state index contributed by atoms with van der Waals surface area (Å²) in [6, 6.07) is -0.0217. The van der Waals surface area contributed by atoms with E-state index in [1.165, 1.54) is 19.3 Å². The molecule has 21 heavy (non-hydrogen) atoms. The number of amides is 1. The number of aryl methyl sites for hydroxylation is 1. The van der Waals surface area contributed by atoms with Crippen LogP contribution in [0.4, 0.5) is 0 Å². The molecule has 0 saturated carbocycles. The maximum Gasteiger partial charge on any atom is 0.237 e. The largest absolute Gasteiger partial charge is 0.347 e. The number of halogens is 2. The Morgan fingerprint density at radius 2 is 2.10 bits per heavy atom. The molecule has 2 aliphatic rings. The average molecular weight is 336 g/mol. The number of fused-ring (bicyclic) bond motifs is 1. The lowest BCUT2D eigenvalue weighted by molar-refractivity contribution is -0.123. The quantitative estimate of drug-likeness (QED) is 0.871. The van der Waals surface area contributed by atoms with Gasteiger partial charge in [0.1, 0.15) is 5.82 Å². The Morgan fingerprint density at radius 1 is 1.24 bits per heavy atom. The predicted molar refractivity (Wildman–Crippen MR) is 84.9 cm³/mol. The van der Waals surface area contributed by atoms with E-state index in [1.807, 2.05) is 0 Å². The molecule has 6 nitrogen and oxygen atoms in total. The molecule has 1 amide bonds. The normalized spacial score (nSPS) is 20.7. The first-order chi connectivity index (χ1) is 9.34. The van der Waals surface area contributed by atoms with E-state index in [0.29, 0.717) is 6.54 Å². The summed E-state index contributed by atoms with van der Waals surface area (Å²) in [6.45, 7) is 2.41. The summed E-state index contributed by atoms with van der Waals surface area (Å²) >= 11 is 0. The summed E-state index contributed by atoms with van der Waals surface area (Å²) in [5.41, 5.74) is 0. The lowest BCUT2D eigenvalue weighted by Gasteiger charge is -2.11. The molecule has 1 aromatic rings. The van der Waals surface area contributed by atoms with Gasteiger partial charge in [0.15, 0.2) is 5.82 Å². The van der Waals surface area contributed by atoms with Gasteiger partial charge in [-0.05, 0) is 32.2 Å². The molecule has 1 fully saturated rings. The molecule has 0 aliphatic carbocycles. The van der Waals surface area contributed by atoms with Crippen molar-refractivity contribution in [2.24, 2.45) is 0 Å². The molecule has 0 aromatic carbocycles. The Kier molecular flexibility index (Phi) is 7.42. The minimum Gasteiger partial charge on any atom is -0.347 e. The van der Waals surface area contributed by atoms with Gasteiger partial charge in [0.05, 0.1) is 12.6 Å². The first kappa shape index (κ1) is 18.2. The number of nitrogens with one attached hydrogen (secondary N) is 2. The van der Waals surface area contributed by atoms with Crippen LogP contribution in [0, 0.1) is 0 Å². The van der Waals surface area contributed by atoms with Gasteiger partial charge in [0.25, 0.3) is 0 Å². The summed E-state index contributed by atoms with van der Waals surface area (Å²) < 4.78 is 2.18. The Balaban J connectivity index is 0.00000110. The van der Waals surface area contributed by atoms with Gasteiger partial charge in [-0.25, -0.2) is 0 Å². The highest BCUT2D eigenvalue weighted by Crippen LogP contribution is 2.14. The first-order valence-electron chi connectivity index (χ1n) is 7.26. The molecule has 8 heteroatoms. The van der Waals surface area contributed by atoms with Gasteiger partial charge in [-0.15, -0.1) is 35.0 Å². The molecular formula is C13H23Cl2N5O. The van der Waals surface area contributed by atoms with Crippen molar-refractivity contribution in [3.63, 3.8) is 0 Å². The molecule has 3 heterocycles. The first-order valence-corrected chi connectivity index (χ1v) is 7.26. The van der Waals surface area contributed by atoms with Crippen molar-refractivity contribution in [2.75, 3.05) is 6.54 Å². The van der Waals surface area contributed by atoms with E-state index in [4.69, 9.17) is 0 Å². The van der Waals surface area contributed by atoms with Crippen LogP contribution in [-0.4, -0.2) is 33.3 Å². The Morgan fingerprint density at radius 3 is 2.86 bits per heavy atom. The van der Waals surface area contributed by atoms with Crippen LogP contribution >= 0.6 is 24.8 Å². The zero-order chi connectivity index (χ0) is 13.1. The van der Waals surface area contributed by atoms with Crippen molar-refractivity contribution >= 4 is 30.7 Å². The number of carbonyl (C=O) groups excluding carboxylic acids is 1. The third-order valence-electron chi connectivity index (χ3n) is 3.98. The number of hydrogen-bond donors (Lipinski definition) is 2. The molecule has 1 atom stereocenters. The van der Waals surface area contributed by atoms with Crippen molar-refractivity contribution in [3.8, 4) is 0 Å². The van der Waals surface area contributed by atoms with Crippen LogP contribution in [0.3, 0.4) is 0 Å². The van der Waals surface area contributed by atoms with E-state index in [-0.39, 0.29) is 36.8 Å². The number of hydrogen-bond acceptors (Lipinski definition) is 4. The number of rotatable bonds is 3. The standard InChI is InChI=1S/C13H21N5O.2ClH/c19-13(10-5-4-7-14-10)15-9-12-17-16-11-6-2-1-3-8-18(11)12;;/h10,14H,1-9H2,(H,15,19);2*1H. The molecule has 120 valence electrons. The van der Waals surface area contributed by atoms with Crippen LogP contribution in [0.25, 0.3) is 0 Å². The maximum absolute atomic E-state index is 11.9. The Hall–Kier alpha value is -0.850. The zero-order valence-electron chi connectivity index (χ0n) is 12.0. The average Bonchev–Trinajstić information content (AvgIpc) is 3.02. The second kappa shape index (κ2) is 8.56. The highest BCUT2D eigenvalue weighted by Gasteiger charge is 2.22. The summed E-state index contributed by atoms with van der Waals surface area (Å²) in [4.78, 5) is 11.9. The van der Waals surface area contributed by atoms with Crippen molar-refractivity contribution in [2.45, 2.75) is 57.7 Å². The van der Waals surface area contributed by atoms with Crippen molar-refractivity contribution in [3.05, 3.63) is 11.6 Å². The summed E-state index contributed by atoms with van der Waals surface area (Å²) in [5.74, 6) is 2.05. The van der Waals surface area contributed by atoms with Crippen LogP contribution in [0.2, 0.25) is 0 Å². The summed E-state index contributed by atoms with van der Waals surface area (Å²) in [6.07, 6.45) is 6.64. The second-order valence-electron chi connectivity index (χ2n) is 5.36. The fourth-order valence-corrected chi connectivity index (χ4v) is 2.87. The SMILES string of the molecule is Cl.Cl.O=C(NCc1nnc2n1CCCCC2)C1CCCN1. The molecule has 0 spiro atoms. The van der Waals surface area contributed by atoms with E-state index in [0.717, 1.165) is 44.0 Å². The van der Waals surface area contributed by atoms with Crippen LogP contribution in [0.5, 0.6) is 0 Å². The molecule has 0 radical (unpaired) electrons. The van der Waals surface area contributed by atoms with E-state index >= 15 is 0 Å². The van der Waals surface area contributed by atoms with E-state index in [2.05, 4.69) is 25.4 Å². The molecule has 2 aliphatic heterocycles. The zero-order valence-corrected chi connectivity index (χ0v) is 13.6. The van der Waals surface area contributed by atoms with Crippen LogP contribution in [0.1, 0.15) is 43.8 Å². The molecule has 1 aromatic heterocycles. The fraction of sp³-hybridized carbons (Fsp3) is 0.769. The molecule has 1 saturated heterocycles. The molecular weight excluding hydrogens is 313 g/mol. The van der Waals surface area contributed by atoms with Crippen LogP contribution in [-0.2, 0) is 24.3 Å². The second-order valence-corrected chi connectivity index (χ2v) is 5.36. The van der Waals surface area contributed by atoms with Crippen molar-refractivity contribution in [1.82, 2.24) is 25.4 Å². The summed E-state index contributed by atoms with van der Waals surface area (Å²) in [7, 11) is 0. The van der Waals surface area contributed by atoms with Crippen LogP contribution < -0.4 is 10.6 Å². The smallest absolute Gasteiger partial charge is 0.237 e. The molecule has 2 N–H and O–H groups in total. The summed E-state index contributed by atoms with van der Waals surface area (Å²) in [5, 5.41) is 14.6. The number of nitrogens with zero attached hydrogens (tertiary/aromatic N) is 3. The van der Waals surface area contributed by atoms with Crippen molar-refractivity contribution < 1.29 is 4.79 Å². The number of aromatic nitrogens is 3. The van der Waals surface area contributed by atoms with Gasteiger partial charge in [-0.1, -0.05) is 6.42 Å². The Labute approximate surface area is 137 Å². The van der Waals surface area contributed by atoms with Gasteiger partial charge in [0.2, 0.25) is 5.91 Å². The molecule has 3 rings (SSSR count). The molecule has 1 unspecified atom stereocenters. The maximum atomic E-state index is 11.9. The lowest BCUT2D eigenvalue weighted by atomic mass is 10.2. The minimum atomic E-state index is -0.0217. The number of carbonyl (C=O) groups is 1. The predicted octanol–water partition coefficient (Wildman–Crippen LogP) is 1.22.